The Labute approximate surface area is 222 Å². The van der Waals surface area contributed by atoms with Crippen LogP contribution in [0.5, 0.6) is 0 Å². The van der Waals surface area contributed by atoms with Crippen LogP contribution in [0, 0.1) is 12.7 Å². The molecule has 5 aromatic rings. The summed E-state index contributed by atoms with van der Waals surface area (Å²) in [5.41, 5.74) is 10.5. The molecule has 0 aliphatic heterocycles. The number of anilines is 4. The van der Waals surface area contributed by atoms with Crippen LogP contribution in [0.25, 0.3) is 16.9 Å². The molecule has 5 rings (SSSR count). The number of amides is 1. The van der Waals surface area contributed by atoms with Crippen molar-refractivity contribution in [3.8, 4) is 16.9 Å². The highest BCUT2D eigenvalue weighted by atomic mass is 32.2. The van der Waals surface area contributed by atoms with Crippen molar-refractivity contribution in [2.45, 2.75) is 11.9 Å². The molecule has 38 heavy (non-hydrogen) atoms. The largest absolute Gasteiger partial charge is 0.383 e. The Morgan fingerprint density at radius 2 is 1.84 bits per heavy atom. The average Bonchev–Trinajstić information content (AvgIpc) is 3.36. The van der Waals surface area contributed by atoms with Crippen LogP contribution in [0.2, 0.25) is 0 Å². The summed E-state index contributed by atoms with van der Waals surface area (Å²) >= 11 is 1.44. The van der Waals surface area contributed by atoms with Crippen molar-refractivity contribution in [1.29, 1.82) is 0 Å². The number of halogens is 1. The van der Waals surface area contributed by atoms with Crippen LogP contribution in [-0.2, 0) is 0 Å². The molecule has 0 radical (unpaired) electrons. The lowest BCUT2D eigenvalue weighted by atomic mass is 10.1. The van der Waals surface area contributed by atoms with Crippen LogP contribution in [0.4, 0.5) is 27.5 Å². The molecule has 0 saturated heterocycles. The summed E-state index contributed by atoms with van der Waals surface area (Å²) in [5.74, 6) is 0.0393. The molecule has 0 aliphatic carbocycles. The average molecular weight is 527 g/mol. The van der Waals surface area contributed by atoms with Gasteiger partial charge in [-0.25, -0.2) is 24.0 Å². The third kappa shape index (κ3) is 5.32. The Kier molecular flexibility index (Phi) is 7.00. The third-order valence-electron chi connectivity index (χ3n) is 5.70. The Morgan fingerprint density at radius 3 is 2.61 bits per heavy atom. The number of nitrogen functional groups attached to an aromatic ring is 1. The monoisotopic (exact) mass is 526 g/mol. The highest BCUT2D eigenvalue weighted by molar-refractivity contribution is 7.98. The first-order valence-corrected chi connectivity index (χ1v) is 12.8. The number of hydrogen-bond acceptors (Lipinski definition) is 8. The molecule has 0 bridgehead atoms. The fourth-order valence-electron chi connectivity index (χ4n) is 3.74. The maximum Gasteiger partial charge on any atom is 0.276 e. The molecule has 0 aliphatic rings. The van der Waals surface area contributed by atoms with E-state index >= 15 is 0 Å². The van der Waals surface area contributed by atoms with Gasteiger partial charge in [0.2, 0.25) is 5.95 Å². The number of benzene rings is 2. The van der Waals surface area contributed by atoms with Gasteiger partial charge in [0.1, 0.15) is 16.7 Å². The van der Waals surface area contributed by atoms with Gasteiger partial charge in [-0.05, 0) is 73.3 Å². The normalized spacial score (nSPS) is 10.8. The van der Waals surface area contributed by atoms with Crippen molar-refractivity contribution in [2.75, 3.05) is 22.6 Å². The van der Waals surface area contributed by atoms with Crippen LogP contribution >= 0.6 is 11.8 Å². The van der Waals surface area contributed by atoms with E-state index in [1.165, 1.54) is 23.9 Å². The summed E-state index contributed by atoms with van der Waals surface area (Å²) in [7, 11) is 0. The maximum atomic E-state index is 13.4. The minimum Gasteiger partial charge on any atom is -0.383 e. The molecule has 0 saturated carbocycles. The second-order valence-electron chi connectivity index (χ2n) is 8.27. The molecule has 1 amide bonds. The number of carbonyl (C=O) groups is 1. The number of carbonyl (C=O) groups excluding carboxylic acids is 1. The molecular weight excluding hydrogens is 503 g/mol. The first-order valence-electron chi connectivity index (χ1n) is 11.5. The van der Waals surface area contributed by atoms with Crippen molar-refractivity contribution in [3.63, 3.8) is 0 Å². The molecule has 190 valence electrons. The van der Waals surface area contributed by atoms with Gasteiger partial charge in [-0.2, -0.15) is 5.10 Å². The zero-order valence-electron chi connectivity index (χ0n) is 20.5. The molecule has 0 atom stereocenters. The molecule has 2 aromatic carbocycles. The van der Waals surface area contributed by atoms with E-state index in [0.717, 1.165) is 16.3 Å². The van der Waals surface area contributed by atoms with E-state index in [-0.39, 0.29) is 17.4 Å². The number of hydrogen-bond donors (Lipinski definition) is 3. The lowest BCUT2D eigenvalue weighted by Gasteiger charge is -2.12. The van der Waals surface area contributed by atoms with Crippen LogP contribution in [0.3, 0.4) is 0 Å². The molecule has 0 fully saturated rings. The Hall–Kier alpha value is -4.77. The molecule has 0 spiro atoms. The van der Waals surface area contributed by atoms with E-state index in [9.17, 15) is 9.18 Å². The second-order valence-corrected chi connectivity index (χ2v) is 9.10. The predicted octanol–water partition coefficient (Wildman–Crippen LogP) is 5.47. The quantitative estimate of drug-likeness (QED) is 0.239. The van der Waals surface area contributed by atoms with Crippen LogP contribution in [0.15, 0.2) is 84.1 Å². The number of thioether (sulfide) groups is 1. The first kappa shape index (κ1) is 24.9. The van der Waals surface area contributed by atoms with Gasteiger partial charge in [-0.3, -0.25) is 4.79 Å². The van der Waals surface area contributed by atoms with Crippen LogP contribution < -0.4 is 16.4 Å². The predicted molar refractivity (Wildman–Crippen MR) is 147 cm³/mol. The van der Waals surface area contributed by atoms with E-state index in [2.05, 4.69) is 30.7 Å². The van der Waals surface area contributed by atoms with Crippen molar-refractivity contribution in [1.82, 2.24) is 24.7 Å². The fraction of sp³-hybridized carbons (Fsp3) is 0.0741. The fourth-order valence-corrected chi connectivity index (χ4v) is 4.29. The minimum atomic E-state index is -0.374. The highest BCUT2D eigenvalue weighted by Crippen LogP contribution is 2.27. The topological polar surface area (TPSA) is 124 Å². The molecule has 9 nitrogen and oxygen atoms in total. The van der Waals surface area contributed by atoms with Gasteiger partial charge in [-0.1, -0.05) is 6.07 Å². The molecule has 3 heterocycles. The standard InChI is InChI=1S/C27H23FN8OS/c1-16-5-8-18(14-22(16)34-27-31-13-11-21(33-27)20-4-3-12-30-25(20)29)32-26(37)23-15-24(38-2)36(35-23)19-9-6-17(28)7-10-19/h3-15H,1-2H3,(H2,29,30)(H,32,37)(H,31,33,34). The van der Waals surface area contributed by atoms with Crippen LogP contribution in [-0.4, -0.2) is 36.9 Å². The smallest absolute Gasteiger partial charge is 0.276 e. The maximum absolute atomic E-state index is 13.4. The van der Waals surface area contributed by atoms with E-state index < -0.39 is 0 Å². The van der Waals surface area contributed by atoms with Gasteiger partial charge in [-0.15, -0.1) is 11.8 Å². The summed E-state index contributed by atoms with van der Waals surface area (Å²) in [6.45, 7) is 1.94. The molecule has 4 N–H and O–H groups in total. The van der Waals surface area contributed by atoms with Crippen LogP contribution in [0.1, 0.15) is 16.1 Å². The zero-order chi connectivity index (χ0) is 26.6. The van der Waals surface area contributed by atoms with Gasteiger partial charge in [0.25, 0.3) is 5.91 Å². The summed E-state index contributed by atoms with van der Waals surface area (Å²) in [4.78, 5) is 26.0. The van der Waals surface area contributed by atoms with Gasteiger partial charge in [0, 0.05) is 35.4 Å². The first-order chi connectivity index (χ1) is 18.4. The number of nitrogens with one attached hydrogen (secondary N) is 2. The third-order valence-corrected chi connectivity index (χ3v) is 6.41. The van der Waals surface area contributed by atoms with Gasteiger partial charge in [0.05, 0.1) is 11.4 Å². The van der Waals surface area contributed by atoms with Gasteiger partial charge < -0.3 is 16.4 Å². The van der Waals surface area contributed by atoms with Gasteiger partial charge in [0.15, 0.2) is 5.69 Å². The van der Waals surface area contributed by atoms with E-state index in [4.69, 9.17) is 5.73 Å². The number of rotatable bonds is 7. The number of nitrogens with two attached hydrogens (primary N) is 1. The Balaban J connectivity index is 1.36. The van der Waals surface area contributed by atoms with Crippen molar-refractivity contribution in [3.05, 3.63) is 96.2 Å². The van der Waals surface area contributed by atoms with E-state index in [1.54, 1.807) is 59.5 Å². The highest BCUT2D eigenvalue weighted by Gasteiger charge is 2.16. The van der Waals surface area contributed by atoms with Crippen molar-refractivity contribution >= 4 is 40.8 Å². The minimum absolute atomic E-state index is 0.235. The summed E-state index contributed by atoms with van der Waals surface area (Å²) < 4.78 is 15.0. The van der Waals surface area contributed by atoms with E-state index in [1.807, 2.05) is 25.3 Å². The number of pyridine rings is 1. The summed E-state index contributed by atoms with van der Waals surface area (Å²) in [5, 5.41) is 11.3. The molecule has 0 unspecified atom stereocenters. The Morgan fingerprint density at radius 1 is 1.03 bits per heavy atom. The molecular formula is C27H23FN8OS. The molecule has 3 aromatic heterocycles. The number of aryl methyl sites for hydroxylation is 1. The zero-order valence-corrected chi connectivity index (χ0v) is 21.3. The van der Waals surface area contributed by atoms with Crippen molar-refractivity contribution in [2.24, 2.45) is 0 Å². The Bertz CT molecular complexity index is 1620. The van der Waals surface area contributed by atoms with Crippen molar-refractivity contribution < 1.29 is 9.18 Å². The molecule has 11 heteroatoms. The van der Waals surface area contributed by atoms with Gasteiger partial charge >= 0.3 is 0 Å². The summed E-state index contributed by atoms with van der Waals surface area (Å²) in [6, 6.07) is 18.5. The number of nitrogens with zero attached hydrogens (tertiary/aromatic N) is 5. The number of aromatic nitrogens is 5. The second kappa shape index (κ2) is 10.7. The lowest BCUT2D eigenvalue weighted by Crippen LogP contribution is -2.13. The van der Waals surface area contributed by atoms with E-state index in [0.29, 0.717) is 34.4 Å². The summed E-state index contributed by atoms with van der Waals surface area (Å²) in [6.07, 6.45) is 5.15. The SMILES string of the molecule is CSc1cc(C(=O)Nc2ccc(C)c(Nc3nccc(-c4cccnc4N)n3)c2)nn1-c1ccc(F)cc1. The lowest BCUT2D eigenvalue weighted by molar-refractivity contribution is 0.102.